The molecule has 1 atom stereocenters. The van der Waals surface area contributed by atoms with Crippen molar-refractivity contribution in [3.8, 4) is 0 Å². The quantitative estimate of drug-likeness (QED) is 0.866. The van der Waals surface area contributed by atoms with E-state index in [1.807, 2.05) is 19.0 Å². The monoisotopic (exact) mass is 303 g/mol. The number of benzene rings is 1. The van der Waals surface area contributed by atoms with Crippen LogP contribution >= 0.6 is 12.4 Å². The number of halogens is 2. The van der Waals surface area contributed by atoms with Crippen LogP contribution < -0.4 is 5.73 Å². The van der Waals surface area contributed by atoms with Gasteiger partial charge in [-0.3, -0.25) is 4.79 Å². The van der Waals surface area contributed by atoms with Crippen molar-refractivity contribution in [2.45, 2.75) is 19.5 Å². The van der Waals surface area contributed by atoms with Gasteiger partial charge in [-0.1, -0.05) is 12.1 Å². The molecule has 0 radical (unpaired) electrons. The SMILES string of the molecule is C[C@@H](N)C(=O)N(CCN(C)C)Cc1cccc(F)c1.Cl. The predicted molar refractivity (Wildman–Crippen MR) is 81.3 cm³/mol. The zero-order valence-corrected chi connectivity index (χ0v) is 13.0. The third kappa shape index (κ3) is 6.32. The Morgan fingerprint density at radius 3 is 2.50 bits per heavy atom. The van der Waals surface area contributed by atoms with Crippen LogP contribution in [0.1, 0.15) is 12.5 Å². The Morgan fingerprint density at radius 2 is 2.00 bits per heavy atom. The van der Waals surface area contributed by atoms with E-state index in [1.54, 1.807) is 24.0 Å². The van der Waals surface area contributed by atoms with Gasteiger partial charge in [-0.25, -0.2) is 4.39 Å². The number of hydrogen-bond acceptors (Lipinski definition) is 3. The molecular formula is C14H23ClFN3O. The Labute approximate surface area is 126 Å². The highest BCUT2D eigenvalue weighted by molar-refractivity contribution is 5.85. The Balaban J connectivity index is 0.00000361. The highest BCUT2D eigenvalue weighted by Gasteiger charge is 2.17. The van der Waals surface area contributed by atoms with Gasteiger partial charge < -0.3 is 15.5 Å². The maximum atomic E-state index is 13.2. The summed E-state index contributed by atoms with van der Waals surface area (Å²) < 4.78 is 13.2. The summed E-state index contributed by atoms with van der Waals surface area (Å²) in [6.45, 7) is 3.36. The smallest absolute Gasteiger partial charge is 0.239 e. The molecule has 0 aliphatic rings. The second kappa shape index (κ2) is 8.89. The molecule has 1 aromatic rings. The van der Waals surface area contributed by atoms with Crippen molar-refractivity contribution in [2.75, 3.05) is 27.2 Å². The fourth-order valence-corrected chi connectivity index (χ4v) is 1.73. The van der Waals surface area contributed by atoms with Crippen molar-refractivity contribution < 1.29 is 9.18 Å². The summed E-state index contributed by atoms with van der Waals surface area (Å²) in [7, 11) is 3.88. The Kier molecular flexibility index (Phi) is 8.37. The van der Waals surface area contributed by atoms with Crippen molar-refractivity contribution in [1.29, 1.82) is 0 Å². The van der Waals surface area contributed by atoms with E-state index in [-0.39, 0.29) is 24.1 Å². The zero-order chi connectivity index (χ0) is 14.4. The van der Waals surface area contributed by atoms with Crippen molar-refractivity contribution in [1.82, 2.24) is 9.80 Å². The summed E-state index contributed by atoms with van der Waals surface area (Å²) in [5, 5.41) is 0. The molecule has 0 heterocycles. The summed E-state index contributed by atoms with van der Waals surface area (Å²) in [5.41, 5.74) is 6.42. The molecule has 0 fully saturated rings. The lowest BCUT2D eigenvalue weighted by molar-refractivity contribution is -0.133. The summed E-state index contributed by atoms with van der Waals surface area (Å²) >= 11 is 0. The Morgan fingerprint density at radius 1 is 1.35 bits per heavy atom. The number of carbonyl (C=O) groups is 1. The van der Waals surface area contributed by atoms with E-state index in [0.717, 1.165) is 12.1 Å². The predicted octanol–water partition coefficient (Wildman–Crippen LogP) is 1.48. The van der Waals surface area contributed by atoms with Crippen LogP contribution in [0.15, 0.2) is 24.3 Å². The van der Waals surface area contributed by atoms with Crippen molar-refractivity contribution >= 4 is 18.3 Å². The van der Waals surface area contributed by atoms with E-state index in [0.29, 0.717) is 13.1 Å². The maximum absolute atomic E-state index is 13.2. The van der Waals surface area contributed by atoms with Crippen LogP contribution in [0.25, 0.3) is 0 Å². The van der Waals surface area contributed by atoms with Gasteiger partial charge in [-0.05, 0) is 38.7 Å². The summed E-state index contributed by atoms with van der Waals surface area (Å²) in [6.07, 6.45) is 0. The Bertz CT molecular complexity index is 427. The van der Waals surface area contributed by atoms with Gasteiger partial charge in [0, 0.05) is 19.6 Å². The van der Waals surface area contributed by atoms with Crippen LogP contribution in [0, 0.1) is 5.82 Å². The van der Waals surface area contributed by atoms with Crippen molar-refractivity contribution in [3.05, 3.63) is 35.6 Å². The fraction of sp³-hybridized carbons (Fsp3) is 0.500. The molecule has 0 unspecified atom stereocenters. The number of nitrogens with zero attached hydrogens (tertiary/aromatic N) is 2. The molecule has 0 spiro atoms. The summed E-state index contributed by atoms with van der Waals surface area (Å²) in [4.78, 5) is 15.7. The zero-order valence-electron chi connectivity index (χ0n) is 12.2. The average Bonchev–Trinajstić information content (AvgIpc) is 2.33. The maximum Gasteiger partial charge on any atom is 0.239 e. The molecule has 4 nitrogen and oxygen atoms in total. The van der Waals surface area contributed by atoms with Gasteiger partial charge in [0.25, 0.3) is 0 Å². The Hall–Kier alpha value is -1.17. The molecule has 1 rings (SSSR count). The third-order valence-corrected chi connectivity index (χ3v) is 2.78. The van der Waals surface area contributed by atoms with Gasteiger partial charge in [-0.2, -0.15) is 0 Å². The van der Waals surface area contributed by atoms with Gasteiger partial charge >= 0.3 is 0 Å². The highest BCUT2D eigenvalue weighted by atomic mass is 35.5. The molecule has 0 aliphatic carbocycles. The van der Waals surface area contributed by atoms with Gasteiger partial charge in [0.15, 0.2) is 0 Å². The van der Waals surface area contributed by atoms with Crippen LogP contribution in [0.3, 0.4) is 0 Å². The minimum Gasteiger partial charge on any atom is -0.336 e. The van der Waals surface area contributed by atoms with Crippen molar-refractivity contribution in [2.24, 2.45) is 5.73 Å². The molecule has 0 aromatic heterocycles. The molecule has 0 aliphatic heterocycles. The van der Waals surface area contributed by atoms with Gasteiger partial charge in [0.2, 0.25) is 5.91 Å². The lowest BCUT2D eigenvalue weighted by Gasteiger charge is -2.26. The first-order valence-corrected chi connectivity index (χ1v) is 6.33. The first-order chi connectivity index (χ1) is 8.90. The normalized spacial score (nSPS) is 11.9. The van der Waals surface area contributed by atoms with Crippen LogP contribution in [0.4, 0.5) is 4.39 Å². The van der Waals surface area contributed by atoms with Crippen LogP contribution in [-0.2, 0) is 11.3 Å². The fourth-order valence-electron chi connectivity index (χ4n) is 1.73. The largest absolute Gasteiger partial charge is 0.336 e. The number of amides is 1. The van der Waals surface area contributed by atoms with Crippen LogP contribution in [0.5, 0.6) is 0 Å². The summed E-state index contributed by atoms with van der Waals surface area (Å²) in [6, 6.07) is 5.74. The molecule has 1 aromatic carbocycles. The lowest BCUT2D eigenvalue weighted by Crippen LogP contribution is -2.44. The topological polar surface area (TPSA) is 49.6 Å². The molecule has 0 saturated carbocycles. The van der Waals surface area contributed by atoms with Gasteiger partial charge in [0.05, 0.1) is 6.04 Å². The lowest BCUT2D eigenvalue weighted by atomic mass is 10.2. The van der Waals surface area contributed by atoms with E-state index in [9.17, 15) is 9.18 Å². The third-order valence-electron chi connectivity index (χ3n) is 2.78. The first kappa shape index (κ1) is 18.8. The molecule has 0 saturated heterocycles. The second-order valence-electron chi connectivity index (χ2n) is 4.98. The van der Waals surface area contributed by atoms with E-state index < -0.39 is 6.04 Å². The first-order valence-electron chi connectivity index (χ1n) is 6.33. The highest BCUT2D eigenvalue weighted by Crippen LogP contribution is 2.08. The standard InChI is InChI=1S/C14H22FN3O.ClH/c1-11(16)14(19)18(8-7-17(2)3)10-12-5-4-6-13(15)9-12;/h4-6,9,11H,7-8,10,16H2,1-3H3;1H/t11-;/m1./s1. The van der Waals surface area contributed by atoms with Gasteiger partial charge in [0.1, 0.15) is 5.82 Å². The van der Waals surface area contributed by atoms with Crippen LogP contribution in [-0.4, -0.2) is 48.9 Å². The molecule has 0 bridgehead atoms. The minimum atomic E-state index is -0.546. The molecule has 6 heteroatoms. The number of likely N-dealkylation sites (N-methyl/N-ethyl adjacent to an activating group) is 1. The molecule has 1 amide bonds. The van der Waals surface area contributed by atoms with E-state index in [2.05, 4.69) is 0 Å². The molecule has 2 N–H and O–H groups in total. The number of rotatable bonds is 6. The van der Waals surface area contributed by atoms with Crippen LogP contribution in [0.2, 0.25) is 0 Å². The van der Waals surface area contributed by atoms with Gasteiger partial charge in [-0.15, -0.1) is 12.4 Å². The molecule has 114 valence electrons. The van der Waals surface area contributed by atoms with E-state index >= 15 is 0 Å². The average molecular weight is 304 g/mol. The molecular weight excluding hydrogens is 281 g/mol. The summed E-state index contributed by atoms with van der Waals surface area (Å²) in [5.74, 6) is -0.413. The number of nitrogens with two attached hydrogens (primary N) is 1. The van der Waals surface area contributed by atoms with Crippen molar-refractivity contribution in [3.63, 3.8) is 0 Å². The van der Waals surface area contributed by atoms with E-state index in [1.165, 1.54) is 12.1 Å². The molecule has 20 heavy (non-hydrogen) atoms. The second-order valence-corrected chi connectivity index (χ2v) is 4.98. The number of hydrogen-bond donors (Lipinski definition) is 1. The minimum absolute atomic E-state index is 0. The number of carbonyl (C=O) groups excluding carboxylic acids is 1. The van der Waals surface area contributed by atoms with E-state index in [4.69, 9.17) is 5.73 Å².